The van der Waals surface area contributed by atoms with Crippen LogP contribution in [0, 0.1) is 6.92 Å². The van der Waals surface area contributed by atoms with Gasteiger partial charge in [0.1, 0.15) is 11.3 Å². The minimum atomic E-state index is -0.608. The Kier molecular flexibility index (Phi) is 3.50. The number of pyridine rings is 1. The molecule has 4 rings (SSSR count). The minimum absolute atomic E-state index is 0.0896. The van der Waals surface area contributed by atoms with Gasteiger partial charge in [0, 0.05) is 23.5 Å². The molecular formula is C17H13N5O3. The van der Waals surface area contributed by atoms with E-state index >= 15 is 0 Å². The summed E-state index contributed by atoms with van der Waals surface area (Å²) in [7, 11) is 0. The number of phenols is 1. The van der Waals surface area contributed by atoms with Crippen LogP contribution in [-0.2, 0) is 6.54 Å². The van der Waals surface area contributed by atoms with Crippen molar-refractivity contribution in [2.45, 2.75) is 13.5 Å². The van der Waals surface area contributed by atoms with E-state index in [-0.39, 0.29) is 18.1 Å². The van der Waals surface area contributed by atoms with Crippen molar-refractivity contribution in [1.29, 1.82) is 0 Å². The molecule has 124 valence electrons. The molecule has 0 amide bonds. The van der Waals surface area contributed by atoms with Gasteiger partial charge in [-0.25, -0.2) is 24.3 Å². The molecule has 0 aliphatic rings. The summed E-state index contributed by atoms with van der Waals surface area (Å²) in [6.07, 6.45) is 3.13. The van der Waals surface area contributed by atoms with Gasteiger partial charge in [-0.2, -0.15) is 0 Å². The van der Waals surface area contributed by atoms with Gasteiger partial charge in [0.15, 0.2) is 5.82 Å². The van der Waals surface area contributed by atoms with Crippen molar-refractivity contribution in [2.75, 3.05) is 0 Å². The van der Waals surface area contributed by atoms with Gasteiger partial charge in [0.25, 0.3) is 0 Å². The second-order valence-electron chi connectivity index (χ2n) is 5.52. The van der Waals surface area contributed by atoms with Crippen LogP contribution >= 0.6 is 0 Å². The molecule has 0 unspecified atom stereocenters. The van der Waals surface area contributed by atoms with Crippen molar-refractivity contribution in [3.05, 3.63) is 64.5 Å². The van der Waals surface area contributed by atoms with Crippen LogP contribution in [0.2, 0.25) is 0 Å². The molecule has 0 aliphatic heterocycles. The number of fused-ring (bicyclic) bond motifs is 1. The lowest BCUT2D eigenvalue weighted by atomic mass is 10.1. The number of hydrogen-bond donors (Lipinski definition) is 1. The summed E-state index contributed by atoms with van der Waals surface area (Å²) in [5.41, 5.74) is 2.07. The van der Waals surface area contributed by atoms with Gasteiger partial charge in [-0.05, 0) is 30.7 Å². The van der Waals surface area contributed by atoms with Gasteiger partial charge in [-0.15, -0.1) is 0 Å². The fourth-order valence-corrected chi connectivity index (χ4v) is 2.65. The second-order valence-corrected chi connectivity index (χ2v) is 5.52. The van der Waals surface area contributed by atoms with Crippen LogP contribution in [0.15, 0.2) is 52.0 Å². The molecule has 8 heteroatoms. The lowest BCUT2D eigenvalue weighted by Gasteiger charge is -2.09. The van der Waals surface area contributed by atoms with E-state index in [0.717, 1.165) is 16.6 Å². The van der Waals surface area contributed by atoms with Crippen LogP contribution in [0.4, 0.5) is 0 Å². The molecule has 4 aromatic rings. The summed E-state index contributed by atoms with van der Waals surface area (Å²) in [6, 6.07) is 8.69. The number of aryl methyl sites for hydroxylation is 1. The highest BCUT2D eigenvalue weighted by Gasteiger charge is 2.17. The molecule has 0 atom stereocenters. The minimum Gasteiger partial charge on any atom is -0.506 e. The largest absolute Gasteiger partial charge is 0.506 e. The molecule has 0 fully saturated rings. The molecule has 0 bridgehead atoms. The molecule has 0 spiro atoms. The van der Waals surface area contributed by atoms with Crippen molar-refractivity contribution < 1.29 is 9.63 Å². The van der Waals surface area contributed by atoms with Gasteiger partial charge >= 0.3 is 5.76 Å². The molecule has 3 heterocycles. The Morgan fingerprint density at radius 1 is 1.16 bits per heavy atom. The van der Waals surface area contributed by atoms with Crippen molar-refractivity contribution in [2.24, 2.45) is 0 Å². The Hall–Kier alpha value is -3.55. The maximum atomic E-state index is 12.1. The third kappa shape index (κ3) is 2.63. The summed E-state index contributed by atoms with van der Waals surface area (Å²) in [5, 5.41) is 14.6. The van der Waals surface area contributed by atoms with Gasteiger partial charge in [0.05, 0.1) is 6.54 Å². The van der Waals surface area contributed by atoms with Gasteiger partial charge in [0.2, 0.25) is 5.82 Å². The van der Waals surface area contributed by atoms with Crippen LogP contribution < -0.4 is 5.76 Å². The molecule has 0 radical (unpaired) electrons. The zero-order valence-corrected chi connectivity index (χ0v) is 13.2. The number of benzene rings is 1. The molecular weight excluding hydrogens is 322 g/mol. The van der Waals surface area contributed by atoms with Crippen LogP contribution in [-0.4, -0.2) is 29.8 Å². The van der Waals surface area contributed by atoms with E-state index < -0.39 is 5.76 Å². The molecule has 0 saturated heterocycles. The number of nitrogens with zero attached hydrogens (tertiary/aromatic N) is 5. The first kappa shape index (κ1) is 15.0. The summed E-state index contributed by atoms with van der Waals surface area (Å²) in [4.78, 5) is 24.7. The first-order valence-corrected chi connectivity index (χ1v) is 7.55. The van der Waals surface area contributed by atoms with Crippen LogP contribution in [0.1, 0.15) is 11.3 Å². The number of aromatic nitrogens is 5. The van der Waals surface area contributed by atoms with Gasteiger partial charge in [-0.3, -0.25) is 4.52 Å². The van der Waals surface area contributed by atoms with Crippen molar-refractivity contribution in [3.63, 3.8) is 0 Å². The van der Waals surface area contributed by atoms with E-state index in [1.807, 2.05) is 19.1 Å². The van der Waals surface area contributed by atoms with E-state index in [0.29, 0.717) is 11.3 Å². The average Bonchev–Trinajstić information content (AvgIpc) is 2.99. The highest BCUT2D eigenvalue weighted by Crippen LogP contribution is 2.27. The van der Waals surface area contributed by atoms with E-state index in [4.69, 9.17) is 4.52 Å². The highest BCUT2D eigenvalue weighted by atomic mass is 16.5. The quantitative estimate of drug-likeness (QED) is 0.609. The van der Waals surface area contributed by atoms with Crippen molar-refractivity contribution >= 4 is 10.9 Å². The van der Waals surface area contributed by atoms with Crippen molar-refractivity contribution in [3.8, 4) is 17.4 Å². The third-order valence-electron chi connectivity index (χ3n) is 3.85. The SMILES string of the molecule is Cc1ccc2c(Cn3c(-c4ncccn4)noc3=O)ccc(O)c2n1. The first-order valence-electron chi connectivity index (χ1n) is 7.55. The Labute approximate surface area is 141 Å². The number of rotatable bonds is 3. The fourth-order valence-electron chi connectivity index (χ4n) is 2.65. The fraction of sp³-hybridized carbons (Fsp3) is 0.118. The topological polar surface area (TPSA) is 107 Å². The maximum absolute atomic E-state index is 12.1. The Bertz CT molecular complexity index is 1120. The van der Waals surface area contributed by atoms with E-state index in [2.05, 4.69) is 20.1 Å². The normalized spacial score (nSPS) is 11.1. The second kappa shape index (κ2) is 5.82. The Balaban J connectivity index is 1.85. The Morgan fingerprint density at radius 2 is 1.96 bits per heavy atom. The number of phenolic OH excluding ortho intramolecular Hbond substituents is 1. The van der Waals surface area contributed by atoms with Crippen LogP contribution in [0.3, 0.4) is 0 Å². The standard InChI is InChI=1S/C17H13N5O3/c1-10-3-5-12-11(4-6-13(23)14(12)20-10)9-22-16(21-25-17(22)24)15-18-7-2-8-19-15/h2-8,23H,9H2,1H3. The van der Waals surface area contributed by atoms with Crippen LogP contribution in [0.5, 0.6) is 5.75 Å². The van der Waals surface area contributed by atoms with Crippen LogP contribution in [0.25, 0.3) is 22.6 Å². The monoisotopic (exact) mass is 335 g/mol. The summed E-state index contributed by atoms with van der Waals surface area (Å²) in [5.74, 6) is 0.0211. The van der Waals surface area contributed by atoms with Gasteiger partial charge in [-0.1, -0.05) is 17.3 Å². The summed E-state index contributed by atoms with van der Waals surface area (Å²) >= 11 is 0. The number of aromatic hydroxyl groups is 1. The molecule has 1 aromatic carbocycles. The molecule has 0 aliphatic carbocycles. The lowest BCUT2D eigenvalue weighted by molar-refractivity contribution is 0.378. The van der Waals surface area contributed by atoms with E-state index in [9.17, 15) is 9.90 Å². The van der Waals surface area contributed by atoms with E-state index in [1.54, 1.807) is 30.6 Å². The average molecular weight is 335 g/mol. The highest BCUT2D eigenvalue weighted by molar-refractivity contribution is 5.87. The molecule has 0 saturated carbocycles. The van der Waals surface area contributed by atoms with E-state index in [1.165, 1.54) is 4.57 Å². The summed E-state index contributed by atoms with van der Waals surface area (Å²) < 4.78 is 6.14. The predicted molar refractivity (Wildman–Crippen MR) is 89.0 cm³/mol. The molecule has 1 N–H and O–H groups in total. The Morgan fingerprint density at radius 3 is 2.76 bits per heavy atom. The molecule has 3 aromatic heterocycles. The molecule has 8 nitrogen and oxygen atoms in total. The zero-order chi connectivity index (χ0) is 17.4. The smallest absolute Gasteiger partial charge is 0.442 e. The first-order chi connectivity index (χ1) is 12.1. The predicted octanol–water partition coefficient (Wildman–Crippen LogP) is 1.90. The maximum Gasteiger partial charge on any atom is 0.442 e. The zero-order valence-electron chi connectivity index (χ0n) is 13.2. The summed E-state index contributed by atoms with van der Waals surface area (Å²) in [6.45, 7) is 2.04. The molecule has 25 heavy (non-hydrogen) atoms. The number of hydrogen-bond acceptors (Lipinski definition) is 7. The third-order valence-corrected chi connectivity index (χ3v) is 3.85. The lowest BCUT2D eigenvalue weighted by Crippen LogP contribution is -2.17. The van der Waals surface area contributed by atoms with Crippen molar-refractivity contribution in [1.82, 2.24) is 24.7 Å². The van der Waals surface area contributed by atoms with Gasteiger partial charge < -0.3 is 5.11 Å².